The van der Waals surface area contributed by atoms with E-state index < -0.39 is 29.5 Å². The van der Waals surface area contributed by atoms with Gasteiger partial charge in [-0.3, -0.25) is 9.59 Å². The molecule has 2 atom stereocenters. The normalized spacial score (nSPS) is 22.7. The molecule has 2 aromatic rings. The molecule has 0 spiro atoms. The Morgan fingerprint density at radius 3 is 3.00 bits per heavy atom. The number of nitrogens with one attached hydrogen (secondary N) is 1. The Kier molecular flexibility index (Phi) is 2.51. The molecule has 5 nitrogen and oxygen atoms in total. The van der Waals surface area contributed by atoms with Crippen LogP contribution in [0.1, 0.15) is 11.5 Å². The second kappa shape index (κ2) is 4.08. The number of carboxylic acids is 1. The molecule has 0 radical (unpaired) electrons. The second-order valence-corrected chi connectivity index (χ2v) is 4.50. The van der Waals surface area contributed by atoms with Gasteiger partial charge in [-0.05, 0) is 17.7 Å². The number of furan rings is 1. The molecule has 98 valence electrons. The number of carbonyl (C=O) groups is 2. The molecule has 1 aliphatic heterocycles. The minimum atomic E-state index is -1.25. The van der Waals surface area contributed by atoms with Gasteiger partial charge in [0.1, 0.15) is 17.3 Å². The maximum Gasteiger partial charge on any atom is 0.316 e. The van der Waals surface area contributed by atoms with Crippen molar-refractivity contribution in [3.63, 3.8) is 0 Å². The highest BCUT2D eigenvalue weighted by Crippen LogP contribution is 2.33. The topological polar surface area (TPSA) is 79.5 Å². The van der Waals surface area contributed by atoms with Gasteiger partial charge >= 0.3 is 5.97 Å². The maximum atomic E-state index is 14.0. The van der Waals surface area contributed by atoms with Gasteiger partial charge in [-0.15, -0.1) is 0 Å². The fourth-order valence-corrected chi connectivity index (χ4v) is 2.48. The Bertz CT molecular complexity index is 678. The fourth-order valence-electron chi connectivity index (χ4n) is 2.48. The zero-order valence-electron chi connectivity index (χ0n) is 9.72. The number of aliphatic carboxylic acids is 1. The molecule has 19 heavy (non-hydrogen) atoms. The molecular formula is C13H10FNO4. The van der Waals surface area contributed by atoms with E-state index in [9.17, 15) is 14.0 Å². The molecule has 1 aliphatic rings. The van der Waals surface area contributed by atoms with Crippen molar-refractivity contribution >= 4 is 22.8 Å². The third-order valence-electron chi connectivity index (χ3n) is 3.42. The predicted molar refractivity (Wildman–Crippen MR) is 63.0 cm³/mol. The van der Waals surface area contributed by atoms with Crippen LogP contribution in [0.4, 0.5) is 4.39 Å². The van der Waals surface area contributed by atoms with Crippen molar-refractivity contribution in [3.05, 3.63) is 35.8 Å². The number of halogens is 1. The summed E-state index contributed by atoms with van der Waals surface area (Å²) in [6.07, 6.45) is 1.43. The lowest BCUT2D eigenvalue weighted by Gasteiger charge is -2.14. The largest absolute Gasteiger partial charge is 0.481 e. The molecule has 1 saturated heterocycles. The molecule has 6 heteroatoms. The van der Waals surface area contributed by atoms with Crippen molar-refractivity contribution < 1.29 is 23.5 Å². The maximum absolute atomic E-state index is 14.0. The molecule has 0 saturated carbocycles. The second-order valence-electron chi connectivity index (χ2n) is 4.50. The van der Waals surface area contributed by atoms with Crippen LogP contribution in [-0.2, 0) is 9.59 Å². The van der Waals surface area contributed by atoms with E-state index in [1.807, 2.05) is 0 Å². The minimum absolute atomic E-state index is 0.121. The Labute approximate surface area is 107 Å². The number of carbonyl (C=O) groups excluding carboxylic acids is 1. The lowest BCUT2D eigenvalue weighted by molar-refractivity contribution is -0.145. The highest BCUT2D eigenvalue weighted by Gasteiger charge is 2.42. The first-order valence-corrected chi connectivity index (χ1v) is 5.75. The molecule has 1 aromatic carbocycles. The fraction of sp³-hybridized carbons (Fsp3) is 0.231. The Morgan fingerprint density at radius 1 is 1.47 bits per heavy atom. The molecule has 0 aliphatic carbocycles. The lowest BCUT2D eigenvalue weighted by atomic mass is 9.88. The third-order valence-corrected chi connectivity index (χ3v) is 3.42. The molecule has 2 N–H and O–H groups in total. The predicted octanol–water partition coefficient (Wildman–Crippen LogP) is 1.49. The van der Waals surface area contributed by atoms with Gasteiger partial charge < -0.3 is 14.8 Å². The van der Waals surface area contributed by atoms with Crippen LogP contribution in [0.2, 0.25) is 0 Å². The molecule has 1 aromatic heterocycles. The van der Waals surface area contributed by atoms with Crippen molar-refractivity contribution in [3.8, 4) is 0 Å². The first-order chi connectivity index (χ1) is 9.08. The monoisotopic (exact) mass is 263 g/mol. The standard InChI is InChI=1S/C13H10FNO4/c14-9-4-10-6(1-2-19-10)3-7(9)8-5-15-12(16)11(8)13(17)18/h1-4,8,11H,5H2,(H,15,16)(H,17,18)/t8-,11-/m0/s1. The summed E-state index contributed by atoms with van der Waals surface area (Å²) in [5.41, 5.74) is 0.616. The van der Waals surface area contributed by atoms with E-state index in [0.29, 0.717) is 11.0 Å². The third kappa shape index (κ3) is 1.76. The van der Waals surface area contributed by atoms with Crippen molar-refractivity contribution in [2.24, 2.45) is 5.92 Å². The number of amides is 1. The van der Waals surface area contributed by atoms with Crippen LogP contribution in [-0.4, -0.2) is 23.5 Å². The van der Waals surface area contributed by atoms with Crippen LogP contribution < -0.4 is 5.32 Å². The van der Waals surface area contributed by atoms with E-state index >= 15 is 0 Å². The van der Waals surface area contributed by atoms with Crippen molar-refractivity contribution in [2.75, 3.05) is 6.54 Å². The smallest absolute Gasteiger partial charge is 0.316 e. The summed E-state index contributed by atoms with van der Waals surface area (Å²) >= 11 is 0. The first kappa shape index (κ1) is 11.7. The van der Waals surface area contributed by atoms with E-state index in [1.165, 1.54) is 18.4 Å². The summed E-state index contributed by atoms with van der Waals surface area (Å²) in [4.78, 5) is 22.6. The van der Waals surface area contributed by atoms with E-state index in [1.54, 1.807) is 6.07 Å². The summed E-state index contributed by atoms with van der Waals surface area (Å²) in [5.74, 6) is -4.34. The number of hydrogen-bond acceptors (Lipinski definition) is 3. The number of hydrogen-bond donors (Lipinski definition) is 2. The van der Waals surface area contributed by atoms with Gasteiger partial charge in [-0.25, -0.2) is 4.39 Å². The molecule has 3 rings (SSSR count). The van der Waals surface area contributed by atoms with E-state index in [4.69, 9.17) is 9.52 Å². The number of fused-ring (bicyclic) bond motifs is 1. The van der Waals surface area contributed by atoms with Crippen LogP contribution in [0.25, 0.3) is 11.0 Å². The summed E-state index contributed by atoms with van der Waals surface area (Å²) in [7, 11) is 0. The van der Waals surface area contributed by atoms with Crippen LogP contribution in [0, 0.1) is 11.7 Å². The lowest BCUT2D eigenvalue weighted by Crippen LogP contribution is -2.27. The highest BCUT2D eigenvalue weighted by molar-refractivity contribution is 6.00. The van der Waals surface area contributed by atoms with Crippen LogP contribution >= 0.6 is 0 Å². The Balaban J connectivity index is 2.10. The Hall–Kier alpha value is -2.37. The van der Waals surface area contributed by atoms with Crippen molar-refractivity contribution in [1.29, 1.82) is 0 Å². The molecule has 0 bridgehead atoms. The van der Waals surface area contributed by atoms with Crippen LogP contribution in [0.15, 0.2) is 28.9 Å². The van der Waals surface area contributed by atoms with Crippen molar-refractivity contribution in [1.82, 2.24) is 5.32 Å². The van der Waals surface area contributed by atoms with Gasteiger partial charge in [0.2, 0.25) is 5.91 Å². The van der Waals surface area contributed by atoms with Gasteiger partial charge in [-0.1, -0.05) is 0 Å². The zero-order valence-corrected chi connectivity index (χ0v) is 9.72. The van der Waals surface area contributed by atoms with Crippen LogP contribution in [0.3, 0.4) is 0 Å². The van der Waals surface area contributed by atoms with Crippen LogP contribution in [0.5, 0.6) is 0 Å². The van der Waals surface area contributed by atoms with E-state index in [0.717, 1.165) is 0 Å². The summed E-state index contributed by atoms with van der Waals surface area (Å²) in [6.45, 7) is 0.121. The summed E-state index contributed by atoms with van der Waals surface area (Å²) < 4.78 is 19.1. The van der Waals surface area contributed by atoms with Gasteiger partial charge in [0.05, 0.1) is 6.26 Å². The summed E-state index contributed by atoms with van der Waals surface area (Å²) in [6, 6.07) is 4.42. The average Bonchev–Trinajstić information content (AvgIpc) is 2.93. The molecular weight excluding hydrogens is 253 g/mol. The van der Waals surface area contributed by atoms with E-state index in [-0.39, 0.29) is 12.1 Å². The van der Waals surface area contributed by atoms with Gasteiger partial charge in [0, 0.05) is 23.9 Å². The number of benzene rings is 1. The van der Waals surface area contributed by atoms with Gasteiger partial charge in [0.15, 0.2) is 0 Å². The van der Waals surface area contributed by atoms with E-state index in [2.05, 4.69) is 5.32 Å². The zero-order chi connectivity index (χ0) is 13.6. The Morgan fingerprint density at radius 2 is 2.26 bits per heavy atom. The average molecular weight is 263 g/mol. The first-order valence-electron chi connectivity index (χ1n) is 5.75. The molecule has 0 unspecified atom stereocenters. The molecule has 2 heterocycles. The quantitative estimate of drug-likeness (QED) is 0.804. The number of rotatable bonds is 2. The minimum Gasteiger partial charge on any atom is -0.481 e. The summed E-state index contributed by atoms with van der Waals surface area (Å²) in [5, 5.41) is 12.2. The SMILES string of the molecule is O=C(O)[C@@H]1C(=O)NC[C@H]1c1cc2ccoc2cc1F. The highest BCUT2D eigenvalue weighted by atomic mass is 19.1. The number of carboxylic acid groups (broad SMARTS) is 1. The molecule has 1 amide bonds. The van der Waals surface area contributed by atoms with Gasteiger partial charge in [0.25, 0.3) is 0 Å². The van der Waals surface area contributed by atoms with Gasteiger partial charge in [-0.2, -0.15) is 0 Å². The molecule has 1 fully saturated rings. The van der Waals surface area contributed by atoms with Crippen molar-refractivity contribution in [2.45, 2.75) is 5.92 Å².